The molecule has 0 radical (unpaired) electrons. The molecule has 4 fully saturated rings. The number of halogens is 2. The van der Waals surface area contributed by atoms with Crippen LogP contribution in [0.25, 0.3) is 0 Å². The smallest absolute Gasteiger partial charge is 0.252 e. The summed E-state index contributed by atoms with van der Waals surface area (Å²) in [5.74, 6) is 1.24. The van der Waals surface area contributed by atoms with Crippen molar-refractivity contribution >= 4 is 11.8 Å². The Morgan fingerprint density at radius 1 is 1.07 bits per heavy atom. The first-order valence-electron chi connectivity index (χ1n) is 10.7. The molecule has 6 nitrogen and oxygen atoms in total. The number of nitrogens with zero attached hydrogens (tertiary/aromatic N) is 3. The maximum absolute atomic E-state index is 13.0. The summed E-state index contributed by atoms with van der Waals surface area (Å²) in [4.78, 5) is 29.3. The third kappa shape index (κ3) is 3.90. The highest BCUT2D eigenvalue weighted by Crippen LogP contribution is 2.41. The fourth-order valence-corrected chi connectivity index (χ4v) is 5.73. The molecule has 2 aliphatic heterocycles. The molecule has 8 heteroatoms. The van der Waals surface area contributed by atoms with Crippen molar-refractivity contribution in [2.75, 3.05) is 26.2 Å². The van der Waals surface area contributed by atoms with E-state index in [-0.39, 0.29) is 42.4 Å². The number of hydrogen-bond acceptors (Lipinski definition) is 4. The van der Waals surface area contributed by atoms with Crippen molar-refractivity contribution in [1.82, 2.24) is 20.2 Å². The minimum Gasteiger partial charge on any atom is -0.335 e. The second-order valence-electron chi connectivity index (χ2n) is 9.17. The highest BCUT2D eigenvalue weighted by atomic mass is 19.3. The summed E-state index contributed by atoms with van der Waals surface area (Å²) >= 11 is 0. The second-order valence-corrected chi connectivity index (χ2v) is 9.17. The van der Waals surface area contributed by atoms with Gasteiger partial charge in [-0.05, 0) is 50.9 Å². The number of hydrogen-bond donors (Lipinski definition) is 1. The number of carbonyl (C=O) groups is 2. The van der Waals surface area contributed by atoms with Gasteiger partial charge in [-0.2, -0.15) is 0 Å². The molecule has 4 aliphatic rings. The zero-order chi connectivity index (χ0) is 20.0. The molecule has 0 spiro atoms. The van der Waals surface area contributed by atoms with Crippen LogP contribution in [-0.2, 0) is 9.59 Å². The van der Waals surface area contributed by atoms with Crippen LogP contribution in [0, 0.1) is 17.8 Å². The quantitative estimate of drug-likeness (QED) is 0.784. The summed E-state index contributed by atoms with van der Waals surface area (Å²) in [5.41, 5.74) is 3.11. The van der Waals surface area contributed by atoms with Crippen LogP contribution in [0.5, 0.6) is 0 Å². The van der Waals surface area contributed by atoms with Gasteiger partial charge < -0.3 is 9.80 Å². The normalized spacial score (nSPS) is 36.7. The predicted molar refractivity (Wildman–Crippen MR) is 100 cm³/mol. The molecular weight excluding hydrogens is 366 g/mol. The van der Waals surface area contributed by atoms with Gasteiger partial charge in [-0.15, -0.1) is 0 Å². The van der Waals surface area contributed by atoms with E-state index in [9.17, 15) is 18.4 Å². The molecule has 0 aromatic carbocycles. The van der Waals surface area contributed by atoms with Crippen LogP contribution in [0.4, 0.5) is 8.78 Å². The lowest BCUT2D eigenvalue weighted by Crippen LogP contribution is -2.67. The molecule has 2 saturated carbocycles. The molecule has 2 amide bonds. The number of alkyl halides is 2. The Labute approximate surface area is 165 Å². The monoisotopic (exact) mass is 398 g/mol. The van der Waals surface area contributed by atoms with Crippen LogP contribution in [0.1, 0.15) is 46.0 Å². The van der Waals surface area contributed by atoms with E-state index in [1.165, 1.54) is 0 Å². The van der Waals surface area contributed by atoms with Gasteiger partial charge >= 0.3 is 0 Å². The van der Waals surface area contributed by atoms with Crippen LogP contribution >= 0.6 is 0 Å². The lowest BCUT2D eigenvalue weighted by Gasteiger charge is -2.54. The fourth-order valence-electron chi connectivity index (χ4n) is 5.73. The summed E-state index contributed by atoms with van der Waals surface area (Å²) in [7, 11) is 0. The SMILES string of the molecule is CC(=O)N1C2CCC(C3CNN(CC(F)F)C3)CC2N(C(=O)C2CC2)C[C@@H]1C. The molecule has 2 aliphatic carbocycles. The van der Waals surface area contributed by atoms with Gasteiger partial charge in [0.2, 0.25) is 11.8 Å². The number of nitrogens with one attached hydrogen (secondary N) is 1. The van der Waals surface area contributed by atoms with Gasteiger partial charge in [0.05, 0.1) is 18.6 Å². The minimum atomic E-state index is -2.34. The first-order chi connectivity index (χ1) is 13.3. The van der Waals surface area contributed by atoms with E-state index in [4.69, 9.17) is 0 Å². The molecule has 4 rings (SSSR count). The van der Waals surface area contributed by atoms with E-state index in [0.717, 1.165) is 38.6 Å². The molecular formula is C20H32F2N4O2. The van der Waals surface area contributed by atoms with Gasteiger partial charge in [0.1, 0.15) is 0 Å². The van der Waals surface area contributed by atoms with Crippen molar-refractivity contribution in [3.05, 3.63) is 0 Å². The lowest BCUT2D eigenvalue weighted by molar-refractivity contribution is -0.155. The minimum absolute atomic E-state index is 0.0488. The Morgan fingerprint density at radius 2 is 1.82 bits per heavy atom. The molecule has 2 saturated heterocycles. The van der Waals surface area contributed by atoms with Crippen molar-refractivity contribution in [1.29, 1.82) is 0 Å². The third-order valence-corrected chi connectivity index (χ3v) is 7.15. The van der Waals surface area contributed by atoms with Crippen molar-refractivity contribution in [2.24, 2.45) is 17.8 Å². The second kappa shape index (κ2) is 7.86. The first-order valence-corrected chi connectivity index (χ1v) is 10.7. The van der Waals surface area contributed by atoms with Crippen LogP contribution in [0.15, 0.2) is 0 Å². The number of fused-ring (bicyclic) bond motifs is 1. The van der Waals surface area contributed by atoms with Crippen LogP contribution < -0.4 is 5.43 Å². The van der Waals surface area contributed by atoms with Crippen LogP contribution in [-0.4, -0.2) is 77.4 Å². The molecule has 0 aromatic heterocycles. The van der Waals surface area contributed by atoms with Crippen molar-refractivity contribution in [3.8, 4) is 0 Å². The van der Waals surface area contributed by atoms with E-state index in [2.05, 4.69) is 10.3 Å². The maximum atomic E-state index is 13.0. The lowest BCUT2D eigenvalue weighted by atomic mass is 9.73. The molecule has 158 valence electrons. The van der Waals surface area contributed by atoms with Gasteiger partial charge in [-0.3, -0.25) is 15.0 Å². The Kier molecular flexibility index (Phi) is 5.62. The Morgan fingerprint density at radius 3 is 2.46 bits per heavy atom. The average molecular weight is 398 g/mol. The first kappa shape index (κ1) is 20.0. The fraction of sp³-hybridized carbons (Fsp3) is 0.900. The summed E-state index contributed by atoms with van der Waals surface area (Å²) < 4.78 is 25.4. The number of amides is 2. The maximum Gasteiger partial charge on any atom is 0.252 e. The summed E-state index contributed by atoms with van der Waals surface area (Å²) in [6, 6.07) is 0.204. The summed E-state index contributed by atoms with van der Waals surface area (Å²) in [6.07, 6.45) is 2.37. The molecule has 0 bridgehead atoms. The molecule has 2 heterocycles. The van der Waals surface area contributed by atoms with E-state index < -0.39 is 6.43 Å². The Hall–Kier alpha value is -1.28. The number of piperazine rings is 1. The van der Waals surface area contributed by atoms with Gasteiger partial charge in [0.15, 0.2) is 0 Å². The number of hydrazine groups is 1. The van der Waals surface area contributed by atoms with Crippen molar-refractivity contribution in [3.63, 3.8) is 0 Å². The van der Waals surface area contributed by atoms with Crippen molar-refractivity contribution < 1.29 is 18.4 Å². The molecule has 5 atom stereocenters. The predicted octanol–water partition coefficient (Wildman–Crippen LogP) is 1.71. The number of carbonyl (C=O) groups excluding carboxylic acids is 2. The summed E-state index contributed by atoms with van der Waals surface area (Å²) in [5, 5.41) is 1.64. The third-order valence-electron chi connectivity index (χ3n) is 7.15. The Bertz CT molecular complexity index is 615. The molecule has 1 N–H and O–H groups in total. The largest absolute Gasteiger partial charge is 0.335 e. The van der Waals surface area contributed by atoms with Gasteiger partial charge in [0.25, 0.3) is 6.43 Å². The molecule has 28 heavy (non-hydrogen) atoms. The van der Waals surface area contributed by atoms with E-state index >= 15 is 0 Å². The van der Waals surface area contributed by atoms with E-state index in [0.29, 0.717) is 24.9 Å². The van der Waals surface area contributed by atoms with Gasteiger partial charge in [-0.1, -0.05) is 0 Å². The van der Waals surface area contributed by atoms with E-state index in [1.807, 2.05) is 11.8 Å². The zero-order valence-corrected chi connectivity index (χ0v) is 16.8. The highest BCUT2D eigenvalue weighted by Gasteiger charge is 2.49. The highest BCUT2D eigenvalue weighted by molar-refractivity contribution is 5.82. The average Bonchev–Trinajstić information content (AvgIpc) is 3.39. The van der Waals surface area contributed by atoms with Gasteiger partial charge in [0, 0.05) is 38.5 Å². The van der Waals surface area contributed by atoms with Crippen LogP contribution in [0.2, 0.25) is 0 Å². The van der Waals surface area contributed by atoms with Gasteiger partial charge in [-0.25, -0.2) is 13.8 Å². The summed E-state index contributed by atoms with van der Waals surface area (Å²) in [6.45, 7) is 5.40. The van der Waals surface area contributed by atoms with Crippen LogP contribution in [0.3, 0.4) is 0 Å². The standard InChI is InChI=1S/C20H32F2N4O2/c1-12-9-25(20(28)14-3-4-14)18-7-15(5-6-17(18)26(12)13(2)27)16-8-23-24(10-16)11-19(21)22/h12,14-19,23H,3-11H2,1-2H3/t12-,15?,16?,17?,18?/m0/s1. The van der Waals surface area contributed by atoms with E-state index in [1.54, 1.807) is 11.9 Å². The van der Waals surface area contributed by atoms with Crippen molar-refractivity contribution in [2.45, 2.75) is 70.5 Å². The molecule has 0 aromatic rings. The topological polar surface area (TPSA) is 55.9 Å². The Balaban J connectivity index is 1.48. The number of rotatable bonds is 4. The molecule has 4 unspecified atom stereocenters. The zero-order valence-electron chi connectivity index (χ0n) is 16.8.